The molecule has 2 aliphatic heterocycles. The third-order valence-electron chi connectivity index (χ3n) is 5.94. The summed E-state index contributed by atoms with van der Waals surface area (Å²) in [5, 5.41) is 2.07. The van der Waals surface area contributed by atoms with Gasteiger partial charge in [0.05, 0.1) is 23.4 Å². The first kappa shape index (κ1) is 17.2. The number of nitrogens with zero attached hydrogens (tertiary/aromatic N) is 3. The van der Waals surface area contributed by atoms with Crippen molar-refractivity contribution in [3.8, 4) is 0 Å². The Hall–Kier alpha value is -2.64. The molecule has 0 bridgehead atoms. The summed E-state index contributed by atoms with van der Waals surface area (Å²) in [6.07, 6.45) is 0.930. The number of H-pyrrole nitrogens is 1. The first-order chi connectivity index (χ1) is 14.2. The van der Waals surface area contributed by atoms with Gasteiger partial charge in [0.25, 0.3) is 0 Å². The summed E-state index contributed by atoms with van der Waals surface area (Å²) in [6, 6.07) is 11.6. The van der Waals surface area contributed by atoms with Crippen LogP contribution in [0, 0.1) is 5.82 Å². The van der Waals surface area contributed by atoms with Crippen LogP contribution in [-0.4, -0.2) is 42.8 Å². The highest BCUT2D eigenvalue weighted by molar-refractivity contribution is 7.22. The topological polar surface area (TPSA) is 44.4 Å². The molecule has 0 atom stereocenters. The largest absolute Gasteiger partial charge is 0.378 e. The molecule has 0 spiro atoms. The van der Waals surface area contributed by atoms with Crippen molar-refractivity contribution in [1.82, 2.24) is 9.97 Å². The number of aromatic nitrogens is 2. The van der Waals surface area contributed by atoms with Gasteiger partial charge in [-0.05, 0) is 36.4 Å². The molecule has 148 valence electrons. The molecule has 0 radical (unpaired) electrons. The molecule has 4 heterocycles. The Morgan fingerprint density at radius 3 is 2.83 bits per heavy atom. The van der Waals surface area contributed by atoms with Gasteiger partial charge in [-0.3, -0.25) is 0 Å². The van der Waals surface area contributed by atoms with Crippen molar-refractivity contribution in [1.29, 1.82) is 0 Å². The van der Waals surface area contributed by atoms with Gasteiger partial charge in [-0.2, -0.15) is 0 Å². The Balaban J connectivity index is 1.32. The molecule has 1 fully saturated rings. The molecule has 1 N–H and O–H groups in total. The summed E-state index contributed by atoms with van der Waals surface area (Å²) in [7, 11) is 0. The van der Waals surface area contributed by atoms with E-state index in [1.807, 2.05) is 6.07 Å². The van der Waals surface area contributed by atoms with Gasteiger partial charge in [0.15, 0.2) is 5.13 Å². The van der Waals surface area contributed by atoms with Crippen LogP contribution in [0.2, 0.25) is 0 Å². The fourth-order valence-corrected chi connectivity index (χ4v) is 5.39. The van der Waals surface area contributed by atoms with Gasteiger partial charge < -0.3 is 19.5 Å². The fraction of sp³-hybridized carbons (Fsp3) is 0.318. The number of hydrogen-bond donors (Lipinski definition) is 1. The maximum absolute atomic E-state index is 13.8. The van der Waals surface area contributed by atoms with E-state index in [4.69, 9.17) is 9.72 Å². The van der Waals surface area contributed by atoms with Crippen molar-refractivity contribution in [2.45, 2.75) is 13.0 Å². The van der Waals surface area contributed by atoms with Crippen molar-refractivity contribution in [3.63, 3.8) is 0 Å². The molecule has 4 aromatic rings. The minimum Gasteiger partial charge on any atom is -0.378 e. The number of thiazole rings is 1. The smallest absolute Gasteiger partial charge is 0.186 e. The molecule has 2 aromatic carbocycles. The van der Waals surface area contributed by atoms with Gasteiger partial charge in [-0.1, -0.05) is 11.3 Å². The van der Waals surface area contributed by atoms with Crippen molar-refractivity contribution in [2.75, 3.05) is 42.6 Å². The van der Waals surface area contributed by atoms with E-state index >= 15 is 0 Å². The van der Waals surface area contributed by atoms with E-state index < -0.39 is 0 Å². The number of aromatic amines is 1. The van der Waals surface area contributed by atoms with E-state index in [1.54, 1.807) is 17.4 Å². The maximum atomic E-state index is 13.8. The van der Waals surface area contributed by atoms with Crippen LogP contribution >= 0.6 is 11.3 Å². The number of ether oxygens (including phenoxy) is 1. The van der Waals surface area contributed by atoms with Crippen LogP contribution in [0.4, 0.5) is 15.2 Å². The monoisotopic (exact) mass is 408 g/mol. The van der Waals surface area contributed by atoms with Gasteiger partial charge >= 0.3 is 0 Å². The van der Waals surface area contributed by atoms with Crippen LogP contribution in [0.1, 0.15) is 11.3 Å². The molecular formula is C22H21FN4OS. The second-order valence-corrected chi connectivity index (χ2v) is 8.70. The van der Waals surface area contributed by atoms with E-state index in [2.05, 4.69) is 33.0 Å². The zero-order valence-corrected chi connectivity index (χ0v) is 16.8. The van der Waals surface area contributed by atoms with Crippen LogP contribution in [0.3, 0.4) is 0 Å². The lowest BCUT2D eigenvalue weighted by Crippen LogP contribution is -2.36. The molecule has 2 aliphatic rings. The van der Waals surface area contributed by atoms with Gasteiger partial charge in [-0.15, -0.1) is 0 Å². The number of rotatable bonds is 2. The molecule has 2 aromatic heterocycles. The summed E-state index contributed by atoms with van der Waals surface area (Å²) in [5.74, 6) is -0.184. The number of nitrogens with one attached hydrogen (secondary N) is 1. The number of morpholine rings is 1. The van der Waals surface area contributed by atoms with Crippen molar-refractivity contribution in [2.24, 2.45) is 0 Å². The number of hydrogen-bond acceptors (Lipinski definition) is 5. The van der Waals surface area contributed by atoms with Gasteiger partial charge in [0.2, 0.25) is 0 Å². The van der Waals surface area contributed by atoms with Gasteiger partial charge in [0, 0.05) is 60.4 Å². The number of halogens is 1. The standard InChI is InChI=1S/C22H21FN4OS/c23-14-1-3-18-16(11-14)17-13-27(6-5-19(17)24-18)15-2-4-21-20(12-15)25-22(29-21)26-7-9-28-10-8-26/h1-4,11-12,24H,5-10,13H2. The summed E-state index contributed by atoms with van der Waals surface area (Å²) in [4.78, 5) is 13.0. The highest BCUT2D eigenvalue weighted by Crippen LogP contribution is 2.35. The third-order valence-corrected chi connectivity index (χ3v) is 7.04. The van der Waals surface area contributed by atoms with Gasteiger partial charge in [0.1, 0.15) is 5.82 Å². The Morgan fingerprint density at radius 2 is 1.93 bits per heavy atom. The zero-order chi connectivity index (χ0) is 19.4. The van der Waals surface area contributed by atoms with E-state index in [1.165, 1.54) is 27.7 Å². The lowest BCUT2D eigenvalue weighted by molar-refractivity contribution is 0.122. The number of fused-ring (bicyclic) bond motifs is 4. The Bertz CT molecular complexity index is 1210. The van der Waals surface area contributed by atoms with E-state index in [-0.39, 0.29) is 5.82 Å². The molecule has 0 aliphatic carbocycles. The van der Waals surface area contributed by atoms with Crippen LogP contribution in [0.15, 0.2) is 36.4 Å². The Labute approximate surface area is 171 Å². The van der Waals surface area contributed by atoms with Crippen molar-refractivity contribution >= 4 is 43.3 Å². The second-order valence-electron chi connectivity index (χ2n) is 7.69. The average molecular weight is 409 g/mol. The highest BCUT2D eigenvalue weighted by Gasteiger charge is 2.22. The van der Waals surface area contributed by atoms with Crippen LogP contribution in [0.5, 0.6) is 0 Å². The first-order valence-corrected chi connectivity index (χ1v) is 10.8. The molecule has 0 amide bonds. The number of benzene rings is 2. The van der Waals surface area contributed by atoms with Crippen LogP contribution < -0.4 is 9.80 Å². The quantitative estimate of drug-likeness (QED) is 0.537. The minimum atomic E-state index is -0.184. The Kier molecular flexibility index (Phi) is 3.99. The summed E-state index contributed by atoms with van der Waals surface area (Å²) >= 11 is 1.75. The molecular weight excluding hydrogens is 387 g/mol. The predicted octanol–water partition coefficient (Wildman–Crippen LogP) is 4.32. The second kappa shape index (κ2) is 6.71. The summed E-state index contributed by atoms with van der Waals surface area (Å²) in [5.41, 5.74) is 5.67. The highest BCUT2D eigenvalue weighted by atomic mass is 32.1. The van der Waals surface area contributed by atoms with Crippen molar-refractivity contribution in [3.05, 3.63) is 53.5 Å². The fourth-order valence-electron chi connectivity index (χ4n) is 4.40. The lowest BCUT2D eigenvalue weighted by atomic mass is 10.0. The molecule has 6 rings (SSSR count). The predicted molar refractivity (Wildman–Crippen MR) is 116 cm³/mol. The van der Waals surface area contributed by atoms with Crippen LogP contribution in [0.25, 0.3) is 21.1 Å². The van der Waals surface area contributed by atoms with E-state index in [0.29, 0.717) is 0 Å². The van der Waals surface area contributed by atoms with Crippen molar-refractivity contribution < 1.29 is 9.13 Å². The average Bonchev–Trinajstić information content (AvgIpc) is 3.34. The molecule has 29 heavy (non-hydrogen) atoms. The van der Waals surface area contributed by atoms with Gasteiger partial charge in [-0.25, -0.2) is 9.37 Å². The van der Waals surface area contributed by atoms with Crippen LogP contribution in [-0.2, 0) is 17.7 Å². The molecule has 0 saturated carbocycles. The molecule has 1 saturated heterocycles. The normalized spacial score (nSPS) is 17.3. The van der Waals surface area contributed by atoms with E-state index in [9.17, 15) is 4.39 Å². The van der Waals surface area contributed by atoms with E-state index in [0.717, 1.165) is 67.4 Å². The molecule has 0 unspecified atom stereocenters. The molecule has 5 nitrogen and oxygen atoms in total. The summed E-state index contributed by atoms with van der Waals surface area (Å²) in [6.45, 7) is 5.06. The maximum Gasteiger partial charge on any atom is 0.186 e. The number of anilines is 2. The molecule has 7 heteroatoms. The Morgan fingerprint density at radius 1 is 1.03 bits per heavy atom. The third kappa shape index (κ3) is 2.96. The summed E-state index contributed by atoms with van der Waals surface area (Å²) < 4.78 is 20.5. The first-order valence-electron chi connectivity index (χ1n) is 10.0. The lowest BCUT2D eigenvalue weighted by Gasteiger charge is -2.29. The SMILES string of the molecule is Fc1ccc2[nH]c3c(c2c1)CN(c1ccc2sc(N4CCOCC4)nc2c1)CC3. The zero-order valence-electron chi connectivity index (χ0n) is 15.9. The minimum absolute atomic E-state index is 0.184.